The minimum atomic E-state index is 0.130. The Morgan fingerprint density at radius 2 is 2.09 bits per heavy atom. The van der Waals surface area contributed by atoms with Crippen LogP contribution in [0.15, 0.2) is 36.4 Å². The number of benzene rings is 1. The Hall–Kier alpha value is -2.10. The van der Waals surface area contributed by atoms with Crippen molar-refractivity contribution in [1.82, 2.24) is 14.5 Å². The van der Waals surface area contributed by atoms with E-state index in [0.717, 1.165) is 55.5 Å². The van der Waals surface area contributed by atoms with Gasteiger partial charge in [0, 0.05) is 19.5 Å². The van der Waals surface area contributed by atoms with Crippen LogP contribution in [-0.2, 0) is 11.8 Å². The van der Waals surface area contributed by atoms with Gasteiger partial charge in [-0.25, -0.2) is 4.98 Å². The lowest BCUT2D eigenvalue weighted by Crippen LogP contribution is -2.36. The molecule has 1 aliphatic carbocycles. The number of allylic oxidation sites excluding steroid dienone is 2. The van der Waals surface area contributed by atoms with Crippen LogP contribution in [0.4, 0.5) is 0 Å². The molecule has 4 rings (SSSR count). The summed E-state index contributed by atoms with van der Waals surface area (Å²) in [7, 11) is 2.06. The third-order valence-electron chi connectivity index (χ3n) is 5.27. The van der Waals surface area contributed by atoms with Gasteiger partial charge in [0.05, 0.1) is 17.1 Å². The third-order valence-corrected chi connectivity index (χ3v) is 5.27. The number of aryl methyl sites for hydroxylation is 1. The van der Waals surface area contributed by atoms with Crippen LogP contribution in [0.2, 0.25) is 0 Å². The van der Waals surface area contributed by atoms with Crippen molar-refractivity contribution in [2.24, 2.45) is 13.0 Å². The molecule has 2 aliphatic rings. The molecular weight excluding hydrogens is 286 g/mol. The van der Waals surface area contributed by atoms with Gasteiger partial charge in [-0.05, 0) is 44.2 Å². The second-order valence-electron chi connectivity index (χ2n) is 6.69. The van der Waals surface area contributed by atoms with Gasteiger partial charge in [0.25, 0.3) is 0 Å². The summed E-state index contributed by atoms with van der Waals surface area (Å²) in [6, 6.07) is 8.33. The molecule has 0 spiro atoms. The van der Waals surface area contributed by atoms with Crippen molar-refractivity contribution in [3.63, 3.8) is 0 Å². The molecule has 1 aliphatic heterocycles. The zero-order valence-electron chi connectivity index (χ0n) is 13.6. The normalized spacial score (nSPS) is 24.5. The topological polar surface area (TPSA) is 38.1 Å². The molecule has 2 atom stereocenters. The summed E-state index contributed by atoms with van der Waals surface area (Å²) in [5.41, 5.74) is 2.16. The molecule has 4 nitrogen and oxygen atoms in total. The number of imidazole rings is 1. The predicted octanol–water partition coefficient (Wildman–Crippen LogP) is 3.59. The summed E-state index contributed by atoms with van der Waals surface area (Å²) in [5.74, 6) is 1.52. The van der Waals surface area contributed by atoms with E-state index >= 15 is 0 Å². The van der Waals surface area contributed by atoms with Crippen LogP contribution in [0.5, 0.6) is 0 Å². The lowest BCUT2D eigenvalue weighted by molar-refractivity contribution is -0.136. The summed E-state index contributed by atoms with van der Waals surface area (Å²) >= 11 is 0. The number of aromatic nitrogens is 2. The van der Waals surface area contributed by atoms with Crippen molar-refractivity contribution in [3.05, 3.63) is 42.2 Å². The Labute approximate surface area is 136 Å². The van der Waals surface area contributed by atoms with E-state index in [1.54, 1.807) is 0 Å². The molecule has 1 amide bonds. The summed E-state index contributed by atoms with van der Waals surface area (Å²) in [6.07, 6.45) is 9.35. The Balaban J connectivity index is 1.65. The van der Waals surface area contributed by atoms with Crippen molar-refractivity contribution in [3.8, 4) is 0 Å². The number of carbonyl (C=O) groups is 1. The summed E-state index contributed by atoms with van der Waals surface area (Å²) in [4.78, 5) is 19.9. The lowest BCUT2D eigenvalue weighted by atomic mass is 9.93. The van der Waals surface area contributed by atoms with Crippen molar-refractivity contribution >= 4 is 16.9 Å². The van der Waals surface area contributed by atoms with E-state index in [-0.39, 0.29) is 12.0 Å². The van der Waals surface area contributed by atoms with E-state index in [2.05, 4.69) is 34.7 Å². The number of hydrogen-bond acceptors (Lipinski definition) is 2. The highest BCUT2D eigenvalue weighted by molar-refractivity contribution is 5.80. The van der Waals surface area contributed by atoms with Crippen LogP contribution in [0.25, 0.3) is 11.0 Å². The maximum Gasteiger partial charge on any atom is 0.226 e. The molecule has 0 radical (unpaired) electrons. The Morgan fingerprint density at radius 3 is 2.87 bits per heavy atom. The molecular formula is C19H23N3O. The molecule has 1 aromatic heterocycles. The van der Waals surface area contributed by atoms with Crippen LogP contribution in [0.1, 0.15) is 44.0 Å². The van der Waals surface area contributed by atoms with Gasteiger partial charge in [0.2, 0.25) is 5.91 Å². The SMILES string of the molecule is Cn1c([C@H]2CCCN2C(=O)[C@@H]2CC=CCC2)nc2ccccc21. The molecule has 23 heavy (non-hydrogen) atoms. The number of rotatable bonds is 2. The van der Waals surface area contributed by atoms with Gasteiger partial charge in [0.1, 0.15) is 5.82 Å². The number of amides is 1. The number of nitrogens with zero attached hydrogens (tertiary/aromatic N) is 3. The number of hydrogen-bond donors (Lipinski definition) is 0. The lowest BCUT2D eigenvalue weighted by Gasteiger charge is -2.29. The zero-order chi connectivity index (χ0) is 15.8. The van der Waals surface area contributed by atoms with Crippen molar-refractivity contribution in [2.45, 2.75) is 38.1 Å². The van der Waals surface area contributed by atoms with Gasteiger partial charge in [-0.3, -0.25) is 4.79 Å². The third kappa shape index (κ3) is 2.46. The maximum atomic E-state index is 13.0. The maximum absolute atomic E-state index is 13.0. The first-order valence-electron chi connectivity index (χ1n) is 8.62. The highest BCUT2D eigenvalue weighted by Crippen LogP contribution is 2.35. The predicted molar refractivity (Wildman–Crippen MR) is 90.9 cm³/mol. The van der Waals surface area contributed by atoms with E-state index in [0.29, 0.717) is 5.91 Å². The largest absolute Gasteiger partial charge is 0.332 e. The van der Waals surface area contributed by atoms with E-state index in [9.17, 15) is 4.79 Å². The number of fused-ring (bicyclic) bond motifs is 1. The van der Waals surface area contributed by atoms with E-state index < -0.39 is 0 Å². The zero-order valence-corrected chi connectivity index (χ0v) is 13.6. The molecule has 0 N–H and O–H groups in total. The molecule has 0 unspecified atom stereocenters. The summed E-state index contributed by atoms with van der Waals surface area (Å²) < 4.78 is 2.16. The average molecular weight is 309 g/mol. The quantitative estimate of drug-likeness (QED) is 0.795. The molecule has 0 saturated carbocycles. The Kier molecular flexibility index (Phi) is 3.68. The molecule has 4 heteroatoms. The molecule has 120 valence electrons. The fourth-order valence-electron chi connectivity index (χ4n) is 4.01. The molecule has 1 fully saturated rings. The molecule has 0 bridgehead atoms. The highest BCUT2D eigenvalue weighted by Gasteiger charge is 2.36. The van der Waals surface area contributed by atoms with E-state index in [4.69, 9.17) is 4.98 Å². The van der Waals surface area contributed by atoms with Gasteiger partial charge in [0.15, 0.2) is 0 Å². The smallest absolute Gasteiger partial charge is 0.226 e. The number of likely N-dealkylation sites (tertiary alicyclic amines) is 1. The van der Waals surface area contributed by atoms with Crippen LogP contribution in [-0.4, -0.2) is 26.9 Å². The molecule has 2 heterocycles. The molecule has 1 saturated heterocycles. The Morgan fingerprint density at radius 1 is 1.22 bits per heavy atom. The van der Waals surface area contributed by atoms with E-state index in [1.165, 1.54) is 0 Å². The van der Waals surface area contributed by atoms with Crippen LogP contribution in [0, 0.1) is 5.92 Å². The van der Waals surface area contributed by atoms with Crippen LogP contribution in [0.3, 0.4) is 0 Å². The van der Waals surface area contributed by atoms with Crippen LogP contribution < -0.4 is 0 Å². The Bertz CT molecular complexity index is 761. The van der Waals surface area contributed by atoms with Gasteiger partial charge < -0.3 is 9.47 Å². The summed E-state index contributed by atoms with van der Waals surface area (Å²) in [5, 5.41) is 0. The van der Waals surface area contributed by atoms with Crippen LogP contribution >= 0.6 is 0 Å². The van der Waals surface area contributed by atoms with Gasteiger partial charge >= 0.3 is 0 Å². The first kappa shape index (κ1) is 14.5. The fourth-order valence-corrected chi connectivity index (χ4v) is 4.01. The van der Waals surface area contributed by atoms with Crippen molar-refractivity contribution < 1.29 is 4.79 Å². The fraction of sp³-hybridized carbons (Fsp3) is 0.474. The monoisotopic (exact) mass is 309 g/mol. The second-order valence-corrected chi connectivity index (χ2v) is 6.69. The number of carbonyl (C=O) groups excluding carboxylic acids is 1. The average Bonchev–Trinajstić information content (AvgIpc) is 3.20. The standard InChI is InChI=1S/C19H23N3O/c1-21-16-11-6-5-10-15(16)20-18(21)17-12-7-13-22(17)19(23)14-8-3-2-4-9-14/h2-3,5-6,10-11,14,17H,4,7-9,12-13H2,1H3/t14-,17-/m1/s1. The van der Waals surface area contributed by atoms with Gasteiger partial charge in [-0.2, -0.15) is 0 Å². The van der Waals surface area contributed by atoms with Crippen molar-refractivity contribution in [2.75, 3.05) is 6.54 Å². The summed E-state index contributed by atoms with van der Waals surface area (Å²) in [6.45, 7) is 0.868. The minimum Gasteiger partial charge on any atom is -0.332 e. The first-order chi connectivity index (χ1) is 11.3. The van der Waals surface area contributed by atoms with Crippen molar-refractivity contribution in [1.29, 1.82) is 0 Å². The molecule has 2 aromatic rings. The molecule has 1 aromatic carbocycles. The number of para-hydroxylation sites is 2. The van der Waals surface area contributed by atoms with E-state index in [1.807, 2.05) is 18.2 Å². The second kappa shape index (κ2) is 5.84. The minimum absolute atomic E-state index is 0.130. The van der Waals surface area contributed by atoms with Gasteiger partial charge in [-0.15, -0.1) is 0 Å². The highest BCUT2D eigenvalue weighted by atomic mass is 16.2. The van der Waals surface area contributed by atoms with Gasteiger partial charge in [-0.1, -0.05) is 24.3 Å². The first-order valence-corrected chi connectivity index (χ1v) is 8.62.